The molecule has 20 heavy (non-hydrogen) atoms. The molecule has 1 aliphatic heterocycles. The van der Waals surface area contributed by atoms with Crippen LogP contribution in [0.25, 0.3) is 0 Å². The summed E-state index contributed by atoms with van der Waals surface area (Å²) >= 11 is 0. The number of anilines is 1. The van der Waals surface area contributed by atoms with Crippen LogP contribution in [0.5, 0.6) is 0 Å². The number of fused-ring (bicyclic) bond motifs is 1. The summed E-state index contributed by atoms with van der Waals surface area (Å²) in [5.41, 5.74) is 7.64. The third-order valence-corrected chi connectivity index (χ3v) is 3.76. The lowest BCUT2D eigenvalue weighted by Gasteiger charge is -2.24. The van der Waals surface area contributed by atoms with Gasteiger partial charge >= 0.3 is 5.97 Å². The Morgan fingerprint density at radius 3 is 2.65 bits per heavy atom. The molecular formula is C15H20N2O3. The number of hydrogen-bond donors (Lipinski definition) is 2. The topological polar surface area (TPSA) is 83.6 Å². The van der Waals surface area contributed by atoms with Crippen LogP contribution >= 0.6 is 0 Å². The van der Waals surface area contributed by atoms with E-state index >= 15 is 0 Å². The number of carboxylic acid groups (broad SMARTS) is 1. The maximum atomic E-state index is 12.4. The molecule has 2 rings (SSSR count). The maximum Gasteiger partial charge on any atom is 0.304 e. The third-order valence-electron chi connectivity index (χ3n) is 3.76. The van der Waals surface area contributed by atoms with Crippen molar-refractivity contribution < 1.29 is 14.7 Å². The van der Waals surface area contributed by atoms with Crippen molar-refractivity contribution in [1.29, 1.82) is 0 Å². The average molecular weight is 276 g/mol. The van der Waals surface area contributed by atoms with Crippen LogP contribution in [0.2, 0.25) is 0 Å². The molecule has 0 fully saturated rings. The van der Waals surface area contributed by atoms with Crippen LogP contribution in [0.4, 0.5) is 5.69 Å². The number of carboxylic acids is 1. The van der Waals surface area contributed by atoms with E-state index in [4.69, 9.17) is 10.8 Å². The standard InChI is InChI=1S/C15H20N2O3/c1-9(2)14(16)15(20)17-8-10(7-13(18)19)11-5-3-4-6-12(11)17/h3-6,9-10,14H,7-8,16H2,1-2H3,(H,18,19). The van der Waals surface area contributed by atoms with E-state index in [-0.39, 0.29) is 24.2 Å². The van der Waals surface area contributed by atoms with Crippen LogP contribution in [0.3, 0.4) is 0 Å². The van der Waals surface area contributed by atoms with E-state index in [1.807, 2.05) is 38.1 Å². The van der Waals surface area contributed by atoms with Gasteiger partial charge in [-0.05, 0) is 17.5 Å². The van der Waals surface area contributed by atoms with Crippen LogP contribution in [-0.2, 0) is 9.59 Å². The number of rotatable bonds is 4. The molecule has 0 radical (unpaired) electrons. The molecule has 0 saturated heterocycles. The fourth-order valence-corrected chi connectivity index (χ4v) is 2.55. The highest BCUT2D eigenvalue weighted by molar-refractivity contribution is 5.99. The van der Waals surface area contributed by atoms with Crippen molar-refractivity contribution in [2.24, 2.45) is 11.7 Å². The van der Waals surface area contributed by atoms with Crippen molar-refractivity contribution in [3.63, 3.8) is 0 Å². The summed E-state index contributed by atoms with van der Waals surface area (Å²) in [4.78, 5) is 25.0. The van der Waals surface area contributed by atoms with Crippen LogP contribution in [0.15, 0.2) is 24.3 Å². The van der Waals surface area contributed by atoms with Gasteiger partial charge in [0.15, 0.2) is 0 Å². The van der Waals surface area contributed by atoms with Gasteiger partial charge in [-0.2, -0.15) is 0 Å². The number of carbonyl (C=O) groups excluding carboxylic acids is 1. The van der Waals surface area contributed by atoms with Gasteiger partial charge in [-0.1, -0.05) is 32.0 Å². The predicted molar refractivity (Wildman–Crippen MR) is 76.6 cm³/mol. The first-order valence-electron chi connectivity index (χ1n) is 6.79. The van der Waals surface area contributed by atoms with Crippen LogP contribution < -0.4 is 10.6 Å². The summed E-state index contributed by atoms with van der Waals surface area (Å²) in [5.74, 6) is -1.10. The molecule has 0 bridgehead atoms. The Kier molecular flexibility index (Phi) is 4.09. The number of hydrogen-bond acceptors (Lipinski definition) is 3. The van der Waals surface area contributed by atoms with Crippen molar-refractivity contribution in [3.8, 4) is 0 Å². The lowest BCUT2D eigenvalue weighted by Crippen LogP contribution is -2.46. The highest BCUT2D eigenvalue weighted by Crippen LogP contribution is 2.38. The van der Waals surface area contributed by atoms with E-state index < -0.39 is 12.0 Å². The lowest BCUT2D eigenvalue weighted by molar-refractivity contribution is -0.137. The van der Waals surface area contributed by atoms with E-state index in [2.05, 4.69) is 0 Å². The molecule has 1 amide bonds. The molecular weight excluding hydrogens is 256 g/mol. The van der Waals surface area contributed by atoms with Crippen LogP contribution in [-0.4, -0.2) is 29.6 Å². The summed E-state index contributed by atoms with van der Waals surface area (Å²) < 4.78 is 0. The Morgan fingerprint density at radius 1 is 1.40 bits per heavy atom. The number of para-hydroxylation sites is 1. The van der Waals surface area contributed by atoms with Gasteiger partial charge in [0.2, 0.25) is 5.91 Å². The number of carbonyl (C=O) groups is 2. The van der Waals surface area contributed by atoms with Crippen molar-refractivity contribution in [2.45, 2.75) is 32.2 Å². The van der Waals surface area contributed by atoms with E-state index in [9.17, 15) is 9.59 Å². The zero-order chi connectivity index (χ0) is 14.9. The molecule has 5 nitrogen and oxygen atoms in total. The first kappa shape index (κ1) is 14.5. The highest BCUT2D eigenvalue weighted by Gasteiger charge is 2.35. The summed E-state index contributed by atoms with van der Waals surface area (Å²) in [6, 6.07) is 6.89. The van der Waals surface area contributed by atoms with Gasteiger partial charge in [0, 0.05) is 18.2 Å². The smallest absolute Gasteiger partial charge is 0.304 e. The Balaban J connectivity index is 2.29. The van der Waals surface area contributed by atoms with E-state index in [0.717, 1.165) is 11.3 Å². The molecule has 0 spiro atoms. The van der Waals surface area contributed by atoms with E-state index in [1.54, 1.807) is 4.90 Å². The summed E-state index contributed by atoms with van der Waals surface area (Å²) in [6.07, 6.45) is 0.0255. The van der Waals surface area contributed by atoms with Crippen LogP contribution in [0.1, 0.15) is 31.7 Å². The number of amides is 1. The SMILES string of the molecule is CC(C)C(N)C(=O)N1CC(CC(=O)O)c2ccccc21. The van der Waals surface area contributed by atoms with Gasteiger partial charge < -0.3 is 15.7 Å². The van der Waals surface area contributed by atoms with Gasteiger partial charge in [0.1, 0.15) is 0 Å². The van der Waals surface area contributed by atoms with Gasteiger partial charge in [-0.25, -0.2) is 0 Å². The average Bonchev–Trinajstić information content (AvgIpc) is 2.75. The van der Waals surface area contributed by atoms with Crippen molar-refractivity contribution in [3.05, 3.63) is 29.8 Å². The quantitative estimate of drug-likeness (QED) is 0.874. The first-order chi connectivity index (χ1) is 9.41. The maximum absolute atomic E-state index is 12.4. The molecule has 3 N–H and O–H groups in total. The number of benzene rings is 1. The molecule has 0 aliphatic carbocycles. The summed E-state index contributed by atoms with van der Waals surface area (Å²) in [5, 5.41) is 8.99. The molecule has 5 heteroatoms. The second kappa shape index (κ2) is 5.63. The van der Waals surface area contributed by atoms with Gasteiger partial charge in [-0.3, -0.25) is 9.59 Å². The van der Waals surface area contributed by atoms with Crippen molar-refractivity contribution in [2.75, 3.05) is 11.4 Å². The lowest BCUT2D eigenvalue weighted by atomic mass is 9.98. The molecule has 1 aromatic carbocycles. The Bertz CT molecular complexity index is 528. The molecule has 1 aromatic rings. The molecule has 108 valence electrons. The predicted octanol–water partition coefficient (Wildman–Crippen LogP) is 1.57. The van der Waals surface area contributed by atoms with Crippen molar-refractivity contribution in [1.82, 2.24) is 0 Å². The minimum absolute atomic E-state index is 0.0255. The van der Waals surface area contributed by atoms with Crippen molar-refractivity contribution >= 4 is 17.6 Å². The van der Waals surface area contributed by atoms with E-state index in [0.29, 0.717) is 6.54 Å². The monoisotopic (exact) mass is 276 g/mol. The molecule has 1 heterocycles. The molecule has 2 unspecified atom stereocenters. The molecule has 0 aromatic heterocycles. The minimum Gasteiger partial charge on any atom is -0.481 e. The second-order valence-electron chi connectivity index (χ2n) is 5.57. The van der Waals surface area contributed by atoms with Gasteiger partial charge in [0.25, 0.3) is 0 Å². The minimum atomic E-state index is -0.854. The fraction of sp³-hybridized carbons (Fsp3) is 0.467. The molecule has 2 atom stereocenters. The molecule has 0 saturated carbocycles. The normalized spacial score (nSPS) is 19.0. The van der Waals surface area contributed by atoms with Crippen LogP contribution in [0, 0.1) is 5.92 Å². The third kappa shape index (κ3) is 2.67. The Labute approximate surface area is 118 Å². The number of aliphatic carboxylic acids is 1. The summed E-state index contributed by atoms with van der Waals surface area (Å²) in [7, 11) is 0. The first-order valence-corrected chi connectivity index (χ1v) is 6.79. The van der Waals surface area contributed by atoms with Gasteiger partial charge in [0.05, 0.1) is 12.5 Å². The van der Waals surface area contributed by atoms with E-state index in [1.165, 1.54) is 0 Å². The number of nitrogens with two attached hydrogens (primary N) is 1. The largest absolute Gasteiger partial charge is 0.481 e. The Hall–Kier alpha value is -1.88. The zero-order valence-electron chi connectivity index (χ0n) is 11.7. The Morgan fingerprint density at radius 2 is 2.05 bits per heavy atom. The molecule has 1 aliphatic rings. The summed E-state index contributed by atoms with van der Waals surface area (Å²) in [6.45, 7) is 4.20. The number of nitrogens with zero attached hydrogens (tertiary/aromatic N) is 1. The highest BCUT2D eigenvalue weighted by atomic mass is 16.4. The fourth-order valence-electron chi connectivity index (χ4n) is 2.55. The van der Waals surface area contributed by atoms with Gasteiger partial charge in [-0.15, -0.1) is 0 Å². The zero-order valence-corrected chi connectivity index (χ0v) is 11.7. The second-order valence-corrected chi connectivity index (χ2v) is 5.57.